The van der Waals surface area contributed by atoms with Gasteiger partial charge in [-0.25, -0.2) is 14.5 Å². The SMILES string of the molecule is Cc1nc(-c2nnn(C)c2COC(=O)N(C)[C@H](C)c2ccccc2)ccc1O[C@H]1CCC[C@H](C(=O)O)C1. The Bertz CT molecular complexity index is 1250. The van der Waals surface area contributed by atoms with Gasteiger partial charge in [0.2, 0.25) is 0 Å². The standard InChI is InChI=1S/C27H33N5O5/c1-17-24(37-21-12-8-11-20(15-21)26(33)34)14-13-22(28-17)25-23(32(4)30-29-25)16-36-27(35)31(3)18(2)19-9-6-5-7-10-19/h5-7,9-10,13-14,18,20-21H,8,11-12,15-16H2,1-4H3,(H,33,34)/t18-,20+,21+/m1/s1. The number of nitrogens with zero attached hydrogens (tertiary/aromatic N) is 5. The van der Waals surface area contributed by atoms with Gasteiger partial charge in [-0.1, -0.05) is 35.5 Å². The molecular weight excluding hydrogens is 474 g/mol. The summed E-state index contributed by atoms with van der Waals surface area (Å²) >= 11 is 0. The van der Waals surface area contributed by atoms with Crippen LogP contribution >= 0.6 is 0 Å². The number of amides is 1. The van der Waals surface area contributed by atoms with Crippen molar-refractivity contribution in [3.8, 4) is 17.1 Å². The molecule has 3 aromatic rings. The van der Waals surface area contributed by atoms with E-state index < -0.39 is 12.1 Å². The van der Waals surface area contributed by atoms with Crippen molar-refractivity contribution in [1.82, 2.24) is 24.9 Å². The van der Waals surface area contributed by atoms with Gasteiger partial charge in [0, 0.05) is 14.1 Å². The van der Waals surface area contributed by atoms with E-state index in [1.54, 1.807) is 29.7 Å². The molecule has 0 bridgehead atoms. The number of hydrogen-bond acceptors (Lipinski definition) is 7. The number of aromatic nitrogens is 4. The normalized spacial score (nSPS) is 18.2. The molecule has 10 heteroatoms. The largest absolute Gasteiger partial charge is 0.489 e. The minimum Gasteiger partial charge on any atom is -0.489 e. The van der Waals surface area contributed by atoms with Crippen LogP contribution in [0.5, 0.6) is 5.75 Å². The number of hydrogen-bond donors (Lipinski definition) is 1. The fourth-order valence-electron chi connectivity index (χ4n) is 4.54. The van der Waals surface area contributed by atoms with Gasteiger partial charge in [-0.05, 0) is 57.2 Å². The van der Waals surface area contributed by atoms with Crippen LogP contribution in [-0.2, 0) is 23.2 Å². The average Bonchev–Trinajstić information content (AvgIpc) is 3.28. The molecule has 1 amide bonds. The number of rotatable bonds is 8. The Balaban J connectivity index is 1.43. The Morgan fingerprint density at radius 2 is 1.95 bits per heavy atom. The van der Waals surface area contributed by atoms with Gasteiger partial charge < -0.3 is 19.5 Å². The third-order valence-electron chi connectivity index (χ3n) is 6.98. The lowest BCUT2D eigenvalue weighted by molar-refractivity contribution is -0.143. The van der Waals surface area contributed by atoms with Gasteiger partial charge in [-0.2, -0.15) is 0 Å². The van der Waals surface area contributed by atoms with Crippen molar-refractivity contribution in [2.75, 3.05) is 7.05 Å². The Kier molecular flexibility index (Phi) is 8.05. The van der Waals surface area contributed by atoms with Gasteiger partial charge >= 0.3 is 12.1 Å². The lowest BCUT2D eigenvalue weighted by atomic mass is 9.87. The van der Waals surface area contributed by atoms with Crippen molar-refractivity contribution in [1.29, 1.82) is 0 Å². The summed E-state index contributed by atoms with van der Waals surface area (Å²) in [5.74, 6) is -0.519. The third kappa shape index (κ3) is 6.07. The second-order valence-corrected chi connectivity index (χ2v) is 9.48. The molecule has 1 aliphatic carbocycles. The Morgan fingerprint density at radius 1 is 1.19 bits per heavy atom. The van der Waals surface area contributed by atoms with Crippen molar-refractivity contribution in [3.63, 3.8) is 0 Å². The van der Waals surface area contributed by atoms with E-state index in [1.807, 2.05) is 50.2 Å². The van der Waals surface area contributed by atoms with Crippen LogP contribution < -0.4 is 4.74 Å². The minimum atomic E-state index is -0.768. The van der Waals surface area contributed by atoms with Crippen molar-refractivity contribution in [2.45, 2.75) is 58.3 Å². The molecule has 1 aromatic carbocycles. The summed E-state index contributed by atoms with van der Waals surface area (Å²) in [6.07, 6.45) is 2.22. The van der Waals surface area contributed by atoms with Crippen molar-refractivity contribution in [2.24, 2.45) is 13.0 Å². The molecule has 1 saturated carbocycles. The maximum Gasteiger partial charge on any atom is 0.410 e. The molecule has 3 atom stereocenters. The average molecular weight is 508 g/mol. The van der Waals surface area contributed by atoms with Crippen LogP contribution in [0.15, 0.2) is 42.5 Å². The zero-order valence-electron chi connectivity index (χ0n) is 21.6. The quantitative estimate of drug-likeness (QED) is 0.472. The first-order valence-electron chi connectivity index (χ1n) is 12.4. The number of carboxylic acid groups (broad SMARTS) is 1. The highest BCUT2D eigenvalue weighted by Gasteiger charge is 2.29. The molecule has 10 nitrogen and oxygen atoms in total. The Labute approximate surface area is 216 Å². The first kappa shape index (κ1) is 26.1. The van der Waals surface area contributed by atoms with Crippen LogP contribution in [-0.4, -0.2) is 55.2 Å². The van der Waals surface area contributed by atoms with Gasteiger partial charge in [0.05, 0.1) is 29.5 Å². The van der Waals surface area contributed by atoms with E-state index >= 15 is 0 Å². The van der Waals surface area contributed by atoms with Crippen molar-refractivity contribution >= 4 is 12.1 Å². The molecular formula is C27H33N5O5. The molecule has 2 heterocycles. The van der Waals surface area contributed by atoms with Crippen molar-refractivity contribution < 1.29 is 24.2 Å². The molecule has 37 heavy (non-hydrogen) atoms. The smallest absolute Gasteiger partial charge is 0.410 e. The van der Waals surface area contributed by atoms with E-state index in [4.69, 9.17) is 9.47 Å². The fraction of sp³-hybridized carbons (Fsp3) is 0.444. The van der Waals surface area contributed by atoms with Crippen molar-refractivity contribution in [3.05, 3.63) is 59.4 Å². The summed E-state index contributed by atoms with van der Waals surface area (Å²) in [6.45, 7) is 3.77. The molecule has 0 radical (unpaired) electrons. The van der Waals surface area contributed by atoms with Crippen LogP contribution in [0.3, 0.4) is 0 Å². The topological polar surface area (TPSA) is 120 Å². The molecule has 1 aliphatic rings. The van der Waals surface area contributed by atoms with Crippen LogP contribution in [0, 0.1) is 12.8 Å². The molecule has 196 valence electrons. The van der Waals surface area contributed by atoms with E-state index in [0.29, 0.717) is 41.4 Å². The molecule has 0 spiro atoms. The minimum absolute atomic E-state index is 0.0128. The zero-order valence-corrected chi connectivity index (χ0v) is 21.6. The predicted molar refractivity (Wildman–Crippen MR) is 136 cm³/mol. The van der Waals surface area contributed by atoms with E-state index in [0.717, 1.165) is 18.4 Å². The summed E-state index contributed by atoms with van der Waals surface area (Å²) in [7, 11) is 3.44. The maximum absolute atomic E-state index is 12.7. The second-order valence-electron chi connectivity index (χ2n) is 9.48. The molecule has 4 rings (SSSR count). The number of aliphatic carboxylic acids is 1. The van der Waals surface area contributed by atoms with Gasteiger partial charge in [-0.3, -0.25) is 4.79 Å². The number of carbonyl (C=O) groups is 2. The molecule has 0 saturated heterocycles. The maximum atomic E-state index is 12.7. The second kappa shape index (κ2) is 11.4. The number of aryl methyl sites for hydroxylation is 2. The number of benzene rings is 1. The highest BCUT2D eigenvalue weighted by molar-refractivity contribution is 5.70. The fourth-order valence-corrected chi connectivity index (χ4v) is 4.54. The first-order chi connectivity index (χ1) is 17.7. The summed E-state index contributed by atoms with van der Waals surface area (Å²) in [5.41, 5.74) is 3.40. The molecule has 2 aromatic heterocycles. The predicted octanol–water partition coefficient (Wildman–Crippen LogP) is 4.54. The highest BCUT2D eigenvalue weighted by atomic mass is 16.6. The molecule has 0 aliphatic heterocycles. The highest BCUT2D eigenvalue weighted by Crippen LogP contribution is 2.30. The Morgan fingerprint density at radius 3 is 2.65 bits per heavy atom. The monoisotopic (exact) mass is 507 g/mol. The van der Waals surface area contributed by atoms with Crippen LogP contribution in [0.25, 0.3) is 11.4 Å². The summed E-state index contributed by atoms with van der Waals surface area (Å²) in [6, 6.07) is 13.2. The summed E-state index contributed by atoms with van der Waals surface area (Å²) in [5, 5.41) is 17.7. The van der Waals surface area contributed by atoms with Gasteiger partial charge in [-0.15, -0.1) is 5.10 Å². The lowest BCUT2D eigenvalue weighted by Crippen LogP contribution is -2.30. The van der Waals surface area contributed by atoms with Crippen LogP contribution in [0.4, 0.5) is 4.79 Å². The third-order valence-corrected chi connectivity index (χ3v) is 6.98. The lowest BCUT2D eigenvalue weighted by Gasteiger charge is -2.27. The number of carboxylic acids is 1. The van der Waals surface area contributed by atoms with E-state index in [2.05, 4.69) is 15.3 Å². The number of pyridine rings is 1. The Hall–Kier alpha value is -3.95. The molecule has 0 unspecified atom stereocenters. The van der Waals surface area contributed by atoms with E-state index in [9.17, 15) is 14.7 Å². The van der Waals surface area contributed by atoms with Crippen LogP contribution in [0.1, 0.15) is 55.6 Å². The van der Waals surface area contributed by atoms with Gasteiger partial charge in [0.1, 0.15) is 23.7 Å². The first-order valence-corrected chi connectivity index (χ1v) is 12.4. The van der Waals surface area contributed by atoms with Gasteiger partial charge in [0.25, 0.3) is 0 Å². The summed E-state index contributed by atoms with van der Waals surface area (Å²) < 4.78 is 13.3. The number of ether oxygens (including phenoxy) is 2. The molecule has 1 fully saturated rings. The van der Waals surface area contributed by atoms with E-state index in [1.165, 1.54) is 0 Å². The van der Waals surface area contributed by atoms with Gasteiger partial charge in [0.15, 0.2) is 0 Å². The van der Waals surface area contributed by atoms with E-state index in [-0.39, 0.29) is 24.7 Å². The number of carbonyl (C=O) groups excluding carboxylic acids is 1. The van der Waals surface area contributed by atoms with Crippen LogP contribution in [0.2, 0.25) is 0 Å². The summed E-state index contributed by atoms with van der Waals surface area (Å²) in [4.78, 5) is 30.3. The molecule has 1 N–H and O–H groups in total. The zero-order chi connectivity index (χ0) is 26.5.